The van der Waals surface area contributed by atoms with Crippen molar-refractivity contribution in [3.05, 3.63) is 51.7 Å². The molecule has 1 amide bonds. The van der Waals surface area contributed by atoms with Crippen molar-refractivity contribution in [1.29, 1.82) is 0 Å². The second-order valence-electron chi connectivity index (χ2n) is 4.31. The van der Waals surface area contributed by atoms with E-state index in [1.807, 2.05) is 50.2 Å². The van der Waals surface area contributed by atoms with E-state index in [0.29, 0.717) is 4.88 Å². The summed E-state index contributed by atoms with van der Waals surface area (Å²) in [5.41, 5.74) is 7.71. The van der Waals surface area contributed by atoms with Gasteiger partial charge in [0, 0.05) is 16.6 Å². The van der Waals surface area contributed by atoms with Gasteiger partial charge in [-0.1, -0.05) is 12.1 Å². The predicted octanol–water partition coefficient (Wildman–Crippen LogP) is 3.33. The van der Waals surface area contributed by atoms with Gasteiger partial charge in [0.15, 0.2) is 0 Å². The number of nitrogens with one attached hydrogen (secondary N) is 1. The van der Waals surface area contributed by atoms with Gasteiger partial charge in [0.05, 0.1) is 4.88 Å². The topological polar surface area (TPSA) is 55.1 Å². The number of hydrogen-bond donors (Lipinski definition) is 2. The normalized spacial score (nSPS) is 12.2. The zero-order chi connectivity index (χ0) is 13.1. The van der Waals surface area contributed by atoms with E-state index in [1.54, 1.807) is 0 Å². The Labute approximate surface area is 111 Å². The molecule has 3 nitrogen and oxygen atoms in total. The average molecular weight is 260 g/mol. The second-order valence-corrected chi connectivity index (χ2v) is 5.43. The van der Waals surface area contributed by atoms with Gasteiger partial charge in [0.2, 0.25) is 0 Å². The van der Waals surface area contributed by atoms with Crippen LogP contribution < -0.4 is 11.1 Å². The molecule has 4 heteroatoms. The third kappa shape index (κ3) is 2.97. The first kappa shape index (κ1) is 12.8. The first-order chi connectivity index (χ1) is 8.56. The number of rotatable bonds is 3. The van der Waals surface area contributed by atoms with Crippen molar-refractivity contribution in [1.82, 2.24) is 0 Å². The maximum atomic E-state index is 12.0. The number of aryl methyl sites for hydroxylation is 1. The van der Waals surface area contributed by atoms with Crippen LogP contribution in [0.4, 0.5) is 5.69 Å². The van der Waals surface area contributed by atoms with E-state index in [-0.39, 0.29) is 11.9 Å². The molecule has 0 bridgehead atoms. The molecule has 0 saturated carbocycles. The minimum Gasteiger partial charge on any atom is -0.324 e. The largest absolute Gasteiger partial charge is 0.324 e. The van der Waals surface area contributed by atoms with Gasteiger partial charge in [0.25, 0.3) is 5.91 Å². The smallest absolute Gasteiger partial charge is 0.265 e. The molecule has 0 aliphatic carbocycles. The molecule has 0 saturated heterocycles. The molecule has 94 valence electrons. The van der Waals surface area contributed by atoms with Gasteiger partial charge in [-0.3, -0.25) is 4.79 Å². The summed E-state index contributed by atoms with van der Waals surface area (Å²) in [5.74, 6) is -0.0856. The van der Waals surface area contributed by atoms with Gasteiger partial charge in [-0.15, -0.1) is 11.3 Å². The van der Waals surface area contributed by atoms with Crippen molar-refractivity contribution in [3.8, 4) is 0 Å². The molecule has 18 heavy (non-hydrogen) atoms. The van der Waals surface area contributed by atoms with Crippen molar-refractivity contribution in [3.63, 3.8) is 0 Å². The third-order valence-corrected chi connectivity index (χ3v) is 3.86. The lowest BCUT2D eigenvalue weighted by molar-refractivity contribution is 0.103. The maximum Gasteiger partial charge on any atom is 0.265 e. The average Bonchev–Trinajstić information content (AvgIpc) is 2.78. The number of hydrogen-bond acceptors (Lipinski definition) is 3. The molecule has 0 radical (unpaired) electrons. The van der Waals surface area contributed by atoms with E-state index in [0.717, 1.165) is 16.1 Å². The molecule has 1 unspecified atom stereocenters. The van der Waals surface area contributed by atoms with Gasteiger partial charge in [-0.25, -0.2) is 0 Å². The van der Waals surface area contributed by atoms with Crippen molar-refractivity contribution in [2.24, 2.45) is 5.73 Å². The van der Waals surface area contributed by atoms with Gasteiger partial charge in [-0.05, 0) is 43.7 Å². The van der Waals surface area contributed by atoms with E-state index in [2.05, 4.69) is 5.32 Å². The Morgan fingerprint density at radius 3 is 2.72 bits per heavy atom. The van der Waals surface area contributed by atoms with E-state index in [9.17, 15) is 4.79 Å². The lowest BCUT2D eigenvalue weighted by Crippen LogP contribution is -2.10. The number of benzene rings is 1. The van der Waals surface area contributed by atoms with Crippen LogP contribution in [0.1, 0.15) is 33.1 Å². The monoisotopic (exact) mass is 260 g/mol. The van der Waals surface area contributed by atoms with Crippen LogP contribution in [0, 0.1) is 6.92 Å². The van der Waals surface area contributed by atoms with Crippen molar-refractivity contribution in [2.75, 3.05) is 5.32 Å². The Morgan fingerprint density at radius 1 is 1.33 bits per heavy atom. The van der Waals surface area contributed by atoms with Crippen LogP contribution in [0.25, 0.3) is 0 Å². The molecule has 0 aliphatic heterocycles. The summed E-state index contributed by atoms with van der Waals surface area (Å²) < 4.78 is 0. The number of thiophene rings is 1. The van der Waals surface area contributed by atoms with Gasteiger partial charge < -0.3 is 11.1 Å². The molecule has 2 aromatic rings. The molecule has 1 aromatic carbocycles. The summed E-state index contributed by atoms with van der Waals surface area (Å²) in [4.78, 5) is 13.7. The Bertz CT molecular complexity index is 560. The van der Waals surface area contributed by atoms with Crippen molar-refractivity contribution in [2.45, 2.75) is 19.9 Å². The highest BCUT2D eigenvalue weighted by Gasteiger charge is 2.11. The fraction of sp³-hybridized carbons (Fsp3) is 0.214. The van der Waals surface area contributed by atoms with Gasteiger partial charge >= 0.3 is 0 Å². The van der Waals surface area contributed by atoms with E-state index in [4.69, 9.17) is 5.73 Å². The molecule has 1 aromatic heterocycles. The lowest BCUT2D eigenvalue weighted by atomic mass is 10.2. The maximum absolute atomic E-state index is 12.0. The highest BCUT2D eigenvalue weighted by atomic mass is 32.1. The van der Waals surface area contributed by atoms with Crippen LogP contribution in [0.3, 0.4) is 0 Å². The minimum absolute atomic E-state index is 0.0319. The van der Waals surface area contributed by atoms with Gasteiger partial charge in [0.1, 0.15) is 0 Å². The zero-order valence-corrected chi connectivity index (χ0v) is 11.3. The molecule has 0 aliphatic rings. The minimum atomic E-state index is -0.0856. The van der Waals surface area contributed by atoms with Crippen LogP contribution >= 0.6 is 11.3 Å². The summed E-state index contributed by atoms with van der Waals surface area (Å²) in [6, 6.07) is 11.4. The molecular formula is C14H16N2OS. The summed E-state index contributed by atoms with van der Waals surface area (Å²) in [5, 5.41) is 2.88. The third-order valence-electron chi connectivity index (χ3n) is 2.58. The molecule has 3 N–H and O–H groups in total. The Morgan fingerprint density at radius 2 is 2.11 bits per heavy atom. The quantitative estimate of drug-likeness (QED) is 0.889. The summed E-state index contributed by atoms with van der Waals surface area (Å²) in [6.45, 7) is 3.91. The number of carbonyl (C=O) groups is 1. The molecule has 1 heterocycles. The SMILES string of the molecule is Cc1cccc(NC(=O)c2ccc(C(C)N)s2)c1. The number of carbonyl (C=O) groups excluding carboxylic acids is 1. The molecular weight excluding hydrogens is 244 g/mol. The van der Waals surface area contributed by atoms with E-state index >= 15 is 0 Å². The lowest BCUT2D eigenvalue weighted by Gasteiger charge is -2.04. The van der Waals surface area contributed by atoms with Gasteiger partial charge in [-0.2, -0.15) is 0 Å². The highest BCUT2D eigenvalue weighted by Crippen LogP contribution is 2.22. The standard InChI is InChI=1S/C14H16N2OS/c1-9-4-3-5-11(8-9)16-14(17)13-7-6-12(18-13)10(2)15/h3-8,10H,15H2,1-2H3,(H,16,17). The fourth-order valence-corrected chi connectivity index (χ4v) is 2.49. The van der Waals surface area contributed by atoms with Crippen LogP contribution in [0.2, 0.25) is 0 Å². The summed E-state index contributed by atoms with van der Waals surface area (Å²) >= 11 is 1.44. The van der Waals surface area contributed by atoms with Crippen LogP contribution in [0.5, 0.6) is 0 Å². The van der Waals surface area contributed by atoms with E-state index < -0.39 is 0 Å². The predicted molar refractivity (Wildman–Crippen MR) is 76.1 cm³/mol. The van der Waals surface area contributed by atoms with Crippen molar-refractivity contribution >= 4 is 22.9 Å². The fourth-order valence-electron chi connectivity index (χ4n) is 1.64. The van der Waals surface area contributed by atoms with E-state index in [1.165, 1.54) is 11.3 Å². The first-order valence-corrected chi connectivity index (χ1v) is 6.61. The van der Waals surface area contributed by atoms with Crippen LogP contribution in [0.15, 0.2) is 36.4 Å². The number of anilines is 1. The molecule has 0 spiro atoms. The van der Waals surface area contributed by atoms with Crippen LogP contribution in [-0.4, -0.2) is 5.91 Å². The van der Waals surface area contributed by atoms with Crippen LogP contribution in [-0.2, 0) is 0 Å². The summed E-state index contributed by atoms with van der Waals surface area (Å²) in [7, 11) is 0. The van der Waals surface area contributed by atoms with Crippen molar-refractivity contribution < 1.29 is 4.79 Å². The zero-order valence-electron chi connectivity index (χ0n) is 10.4. The Balaban J connectivity index is 2.12. The number of nitrogens with two attached hydrogens (primary N) is 1. The molecule has 2 rings (SSSR count). The second kappa shape index (κ2) is 5.33. The Hall–Kier alpha value is -1.65. The first-order valence-electron chi connectivity index (χ1n) is 5.79. The molecule has 0 fully saturated rings. The summed E-state index contributed by atoms with van der Waals surface area (Å²) in [6.07, 6.45) is 0. The number of amides is 1. The molecule has 1 atom stereocenters. The Kier molecular flexibility index (Phi) is 3.79. The highest BCUT2D eigenvalue weighted by molar-refractivity contribution is 7.14.